The molecule has 0 spiro atoms. The Labute approximate surface area is 116 Å². The minimum Gasteiger partial charge on any atom is -0.392 e. The maximum Gasteiger partial charge on any atom is 0.0682 e. The molecule has 0 unspecified atom stereocenters. The van der Waals surface area contributed by atoms with Gasteiger partial charge in [0, 0.05) is 23.3 Å². The molecular formula is C16H14ClNO. The van der Waals surface area contributed by atoms with Crippen LogP contribution in [0, 0.1) is 0 Å². The molecule has 0 saturated carbocycles. The Balaban J connectivity index is 2.00. The van der Waals surface area contributed by atoms with Crippen LogP contribution in [0.5, 0.6) is 0 Å². The third-order valence-corrected chi connectivity index (χ3v) is 3.50. The Morgan fingerprint density at radius 3 is 2.68 bits per heavy atom. The summed E-state index contributed by atoms with van der Waals surface area (Å²) < 4.78 is 2.17. The Kier molecular flexibility index (Phi) is 3.28. The number of halogens is 1. The number of rotatable bonds is 3. The van der Waals surface area contributed by atoms with E-state index < -0.39 is 0 Å². The number of benzene rings is 2. The average Bonchev–Trinajstić information content (AvgIpc) is 2.81. The summed E-state index contributed by atoms with van der Waals surface area (Å²) in [6.45, 7) is 0.844. The fraction of sp³-hybridized carbons (Fsp3) is 0.125. The zero-order valence-corrected chi connectivity index (χ0v) is 11.1. The molecule has 3 aromatic rings. The standard InChI is InChI=1S/C16H14ClNO/c17-15-3-1-2-12(8-15)10-18-7-6-14-5-4-13(11-19)9-16(14)18/h1-9,19H,10-11H2. The summed E-state index contributed by atoms with van der Waals surface area (Å²) in [4.78, 5) is 0. The molecule has 1 aromatic heterocycles. The van der Waals surface area contributed by atoms with Gasteiger partial charge in [0.2, 0.25) is 0 Å². The molecular weight excluding hydrogens is 258 g/mol. The topological polar surface area (TPSA) is 25.2 Å². The molecule has 19 heavy (non-hydrogen) atoms. The monoisotopic (exact) mass is 271 g/mol. The Morgan fingerprint density at radius 1 is 1.00 bits per heavy atom. The fourth-order valence-electron chi connectivity index (χ4n) is 2.30. The van der Waals surface area contributed by atoms with Gasteiger partial charge in [-0.15, -0.1) is 0 Å². The quantitative estimate of drug-likeness (QED) is 0.769. The van der Waals surface area contributed by atoms with Crippen LogP contribution in [0.3, 0.4) is 0 Å². The lowest BCUT2D eigenvalue weighted by Crippen LogP contribution is -1.98. The highest BCUT2D eigenvalue weighted by Gasteiger charge is 2.03. The van der Waals surface area contributed by atoms with E-state index in [1.165, 1.54) is 10.9 Å². The lowest BCUT2D eigenvalue weighted by molar-refractivity contribution is 0.282. The van der Waals surface area contributed by atoms with Crippen LogP contribution in [0.25, 0.3) is 10.9 Å². The molecule has 1 N–H and O–H groups in total. The van der Waals surface area contributed by atoms with Crippen LogP contribution < -0.4 is 0 Å². The van der Waals surface area contributed by atoms with Crippen molar-refractivity contribution in [2.24, 2.45) is 0 Å². The summed E-state index contributed by atoms with van der Waals surface area (Å²) in [5, 5.41) is 11.2. The second kappa shape index (κ2) is 5.08. The molecule has 3 heteroatoms. The molecule has 3 rings (SSSR count). The zero-order chi connectivity index (χ0) is 13.2. The van der Waals surface area contributed by atoms with Crippen LogP contribution in [0.15, 0.2) is 54.7 Å². The van der Waals surface area contributed by atoms with Gasteiger partial charge in [-0.1, -0.05) is 35.9 Å². The summed E-state index contributed by atoms with van der Waals surface area (Å²) in [5.41, 5.74) is 3.23. The van der Waals surface area contributed by atoms with E-state index in [1.54, 1.807) is 0 Å². The van der Waals surface area contributed by atoms with Crippen molar-refractivity contribution in [3.8, 4) is 0 Å². The smallest absolute Gasteiger partial charge is 0.0682 e. The first-order valence-corrected chi connectivity index (χ1v) is 6.57. The molecule has 0 radical (unpaired) electrons. The van der Waals surface area contributed by atoms with E-state index >= 15 is 0 Å². The Bertz CT molecular complexity index is 718. The van der Waals surface area contributed by atoms with E-state index in [-0.39, 0.29) is 6.61 Å². The summed E-state index contributed by atoms with van der Waals surface area (Å²) in [6.07, 6.45) is 2.06. The number of aliphatic hydroxyl groups excluding tert-OH is 1. The molecule has 0 bridgehead atoms. The molecule has 0 saturated heterocycles. The van der Waals surface area contributed by atoms with Crippen molar-refractivity contribution in [3.63, 3.8) is 0 Å². The number of aliphatic hydroxyl groups is 1. The number of fused-ring (bicyclic) bond motifs is 1. The molecule has 0 aliphatic carbocycles. The van der Waals surface area contributed by atoms with Gasteiger partial charge in [0.15, 0.2) is 0 Å². The van der Waals surface area contributed by atoms with Crippen molar-refractivity contribution in [1.29, 1.82) is 0 Å². The molecule has 1 heterocycles. The van der Waals surface area contributed by atoms with Crippen LogP contribution >= 0.6 is 11.6 Å². The van der Waals surface area contributed by atoms with Gasteiger partial charge in [-0.05, 0) is 40.8 Å². The van der Waals surface area contributed by atoms with Crippen LogP contribution in [0.4, 0.5) is 0 Å². The van der Waals surface area contributed by atoms with Crippen molar-refractivity contribution in [3.05, 3.63) is 70.9 Å². The number of aromatic nitrogens is 1. The largest absolute Gasteiger partial charge is 0.392 e. The Hall–Kier alpha value is -1.77. The minimum atomic E-state index is 0.0677. The lowest BCUT2D eigenvalue weighted by Gasteiger charge is -2.07. The SMILES string of the molecule is OCc1ccc2ccn(Cc3cccc(Cl)c3)c2c1. The van der Waals surface area contributed by atoms with E-state index in [2.05, 4.69) is 22.9 Å². The first kappa shape index (κ1) is 12.3. The van der Waals surface area contributed by atoms with Crippen molar-refractivity contribution in [2.75, 3.05) is 0 Å². The van der Waals surface area contributed by atoms with E-state index in [1.807, 2.05) is 36.4 Å². The average molecular weight is 272 g/mol. The normalized spacial score (nSPS) is 11.1. The van der Waals surface area contributed by atoms with E-state index in [0.717, 1.165) is 22.6 Å². The summed E-state index contributed by atoms with van der Waals surface area (Å²) >= 11 is 6.01. The van der Waals surface area contributed by atoms with Crippen LogP contribution in [0.2, 0.25) is 5.02 Å². The fourth-order valence-corrected chi connectivity index (χ4v) is 2.51. The number of hydrogen-bond acceptors (Lipinski definition) is 1. The van der Waals surface area contributed by atoms with Gasteiger partial charge in [-0.25, -0.2) is 0 Å². The summed E-state index contributed by atoms with van der Waals surface area (Å²) in [5.74, 6) is 0. The third-order valence-electron chi connectivity index (χ3n) is 3.26. The molecule has 0 atom stereocenters. The first-order valence-electron chi connectivity index (χ1n) is 6.19. The van der Waals surface area contributed by atoms with Crippen molar-refractivity contribution in [1.82, 2.24) is 4.57 Å². The van der Waals surface area contributed by atoms with Gasteiger partial charge < -0.3 is 9.67 Å². The van der Waals surface area contributed by atoms with E-state index in [0.29, 0.717) is 0 Å². The predicted molar refractivity (Wildman–Crippen MR) is 78.4 cm³/mol. The van der Waals surface area contributed by atoms with Crippen LogP contribution in [-0.4, -0.2) is 9.67 Å². The predicted octanol–water partition coefficient (Wildman–Crippen LogP) is 3.84. The second-order valence-electron chi connectivity index (χ2n) is 4.62. The highest BCUT2D eigenvalue weighted by molar-refractivity contribution is 6.30. The molecule has 2 nitrogen and oxygen atoms in total. The highest BCUT2D eigenvalue weighted by Crippen LogP contribution is 2.20. The van der Waals surface area contributed by atoms with Gasteiger partial charge in [0.05, 0.1) is 6.61 Å². The second-order valence-corrected chi connectivity index (χ2v) is 5.06. The minimum absolute atomic E-state index is 0.0677. The van der Waals surface area contributed by atoms with E-state index in [4.69, 9.17) is 11.6 Å². The maximum atomic E-state index is 9.22. The zero-order valence-electron chi connectivity index (χ0n) is 10.4. The molecule has 0 amide bonds. The van der Waals surface area contributed by atoms with Crippen molar-refractivity contribution in [2.45, 2.75) is 13.2 Å². The highest BCUT2D eigenvalue weighted by atomic mass is 35.5. The summed E-state index contributed by atoms with van der Waals surface area (Å²) in [6, 6.07) is 16.0. The Morgan fingerprint density at radius 2 is 1.89 bits per heavy atom. The maximum absolute atomic E-state index is 9.22. The molecule has 0 aliphatic rings. The summed E-state index contributed by atoms with van der Waals surface area (Å²) in [7, 11) is 0. The number of hydrogen-bond donors (Lipinski definition) is 1. The van der Waals surface area contributed by atoms with Gasteiger partial charge in [0.1, 0.15) is 0 Å². The molecule has 96 valence electrons. The van der Waals surface area contributed by atoms with Crippen molar-refractivity contribution >= 4 is 22.5 Å². The first-order chi connectivity index (χ1) is 9.26. The van der Waals surface area contributed by atoms with Gasteiger partial charge in [-0.3, -0.25) is 0 Å². The van der Waals surface area contributed by atoms with Crippen LogP contribution in [-0.2, 0) is 13.2 Å². The molecule has 0 fully saturated rings. The van der Waals surface area contributed by atoms with Crippen molar-refractivity contribution < 1.29 is 5.11 Å². The van der Waals surface area contributed by atoms with E-state index in [9.17, 15) is 5.11 Å². The number of nitrogens with zero attached hydrogens (tertiary/aromatic N) is 1. The van der Waals surface area contributed by atoms with Gasteiger partial charge in [-0.2, -0.15) is 0 Å². The van der Waals surface area contributed by atoms with Gasteiger partial charge >= 0.3 is 0 Å². The van der Waals surface area contributed by atoms with Crippen LogP contribution in [0.1, 0.15) is 11.1 Å². The third kappa shape index (κ3) is 2.50. The molecule has 2 aromatic carbocycles. The van der Waals surface area contributed by atoms with Gasteiger partial charge in [0.25, 0.3) is 0 Å². The molecule has 0 aliphatic heterocycles. The lowest BCUT2D eigenvalue weighted by atomic mass is 10.1.